The fourth-order valence-electron chi connectivity index (χ4n) is 2.27. The summed E-state index contributed by atoms with van der Waals surface area (Å²) in [6, 6.07) is 8.48. The molecule has 5 heteroatoms. The molecule has 94 valence electrons. The Hall–Kier alpha value is -1.52. The molecule has 0 atom stereocenters. The fourth-order valence-corrected chi connectivity index (χ4v) is 2.53. The quantitative estimate of drug-likeness (QED) is 0.893. The molecule has 18 heavy (non-hydrogen) atoms. The molecule has 1 aliphatic carbocycles. The molecule has 4 nitrogen and oxygen atoms in total. The minimum Gasteiger partial charge on any atom is -0.380 e. The van der Waals surface area contributed by atoms with Crippen LogP contribution in [-0.4, -0.2) is 21.9 Å². The van der Waals surface area contributed by atoms with Gasteiger partial charge in [-0.25, -0.2) is 4.68 Å². The highest BCUT2D eigenvalue weighted by atomic mass is 35.5. The van der Waals surface area contributed by atoms with Crippen LogP contribution in [0.25, 0.3) is 5.69 Å². The van der Waals surface area contributed by atoms with Gasteiger partial charge in [-0.3, -0.25) is 0 Å². The van der Waals surface area contributed by atoms with Crippen molar-refractivity contribution in [3.8, 4) is 5.69 Å². The first kappa shape index (κ1) is 11.6. The Morgan fingerprint density at radius 1 is 1.33 bits per heavy atom. The van der Waals surface area contributed by atoms with E-state index in [1.807, 2.05) is 30.5 Å². The molecule has 0 amide bonds. The van der Waals surface area contributed by atoms with Crippen molar-refractivity contribution >= 4 is 17.3 Å². The molecule has 1 heterocycles. The molecule has 0 saturated heterocycles. The first-order valence-electron chi connectivity index (χ1n) is 6.04. The summed E-state index contributed by atoms with van der Waals surface area (Å²) in [4.78, 5) is 0. The number of para-hydroxylation sites is 1. The van der Waals surface area contributed by atoms with Gasteiger partial charge in [-0.05, 0) is 31.0 Å². The largest absolute Gasteiger partial charge is 0.380 e. The lowest BCUT2D eigenvalue weighted by Crippen LogP contribution is -2.44. The number of rotatable bonds is 3. The van der Waals surface area contributed by atoms with Crippen LogP contribution >= 0.6 is 11.6 Å². The molecule has 1 saturated carbocycles. The zero-order valence-electron chi connectivity index (χ0n) is 9.88. The standard InChI is InChI=1S/C13H15ClN4/c14-11-3-1-4-12(17-10-7-9(15)8-10)13(11)18-6-2-5-16-18/h1-6,9-10,17H,7-8,15H2. The molecule has 1 aromatic heterocycles. The van der Waals surface area contributed by atoms with Crippen molar-refractivity contribution in [3.63, 3.8) is 0 Å². The van der Waals surface area contributed by atoms with Crippen LogP contribution in [0.3, 0.4) is 0 Å². The minimum atomic E-state index is 0.329. The molecule has 0 spiro atoms. The van der Waals surface area contributed by atoms with E-state index >= 15 is 0 Å². The summed E-state index contributed by atoms with van der Waals surface area (Å²) in [5.41, 5.74) is 7.70. The molecule has 0 aliphatic heterocycles. The SMILES string of the molecule is NC1CC(Nc2cccc(Cl)c2-n2cccn2)C1. The van der Waals surface area contributed by atoms with Gasteiger partial charge in [-0.1, -0.05) is 17.7 Å². The van der Waals surface area contributed by atoms with Crippen molar-refractivity contribution in [2.24, 2.45) is 5.73 Å². The van der Waals surface area contributed by atoms with E-state index in [9.17, 15) is 0 Å². The number of hydrogen-bond acceptors (Lipinski definition) is 3. The number of nitrogens with zero attached hydrogens (tertiary/aromatic N) is 2. The molecule has 0 unspecified atom stereocenters. The Bertz CT molecular complexity index is 532. The lowest BCUT2D eigenvalue weighted by molar-refractivity contribution is 0.373. The van der Waals surface area contributed by atoms with Crippen molar-refractivity contribution in [2.75, 3.05) is 5.32 Å². The summed E-state index contributed by atoms with van der Waals surface area (Å²) in [5.74, 6) is 0. The predicted molar refractivity (Wildman–Crippen MR) is 73.2 cm³/mol. The second-order valence-electron chi connectivity index (χ2n) is 4.66. The van der Waals surface area contributed by atoms with Crippen molar-refractivity contribution in [1.82, 2.24) is 9.78 Å². The number of nitrogens with one attached hydrogen (secondary N) is 1. The Kier molecular flexibility index (Phi) is 2.97. The Morgan fingerprint density at radius 3 is 2.83 bits per heavy atom. The van der Waals surface area contributed by atoms with Gasteiger partial charge in [0.1, 0.15) is 5.69 Å². The number of aromatic nitrogens is 2. The fraction of sp³-hybridized carbons (Fsp3) is 0.308. The van der Waals surface area contributed by atoms with Crippen LogP contribution in [0.15, 0.2) is 36.7 Å². The van der Waals surface area contributed by atoms with E-state index in [1.54, 1.807) is 10.9 Å². The van der Waals surface area contributed by atoms with Crippen molar-refractivity contribution in [1.29, 1.82) is 0 Å². The van der Waals surface area contributed by atoms with Gasteiger partial charge < -0.3 is 11.1 Å². The molecule has 0 radical (unpaired) electrons. The number of anilines is 1. The number of benzene rings is 1. The highest BCUT2D eigenvalue weighted by Crippen LogP contribution is 2.31. The third-order valence-electron chi connectivity index (χ3n) is 3.25. The number of nitrogens with two attached hydrogens (primary N) is 1. The maximum absolute atomic E-state index is 6.27. The zero-order valence-corrected chi connectivity index (χ0v) is 10.6. The average molecular weight is 263 g/mol. The van der Waals surface area contributed by atoms with E-state index in [-0.39, 0.29) is 0 Å². The maximum atomic E-state index is 6.27. The summed E-state index contributed by atoms with van der Waals surface area (Å²) in [7, 11) is 0. The van der Waals surface area contributed by atoms with Crippen LogP contribution in [0, 0.1) is 0 Å². The van der Waals surface area contributed by atoms with Gasteiger partial charge in [0.05, 0.1) is 10.7 Å². The lowest BCUT2D eigenvalue weighted by Gasteiger charge is -2.34. The summed E-state index contributed by atoms with van der Waals surface area (Å²) < 4.78 is 1.78. The van der Waals surface area contributed by atoms with E-state index in [2.05, 4.69) is 10.4 Å². The van der Waals surface area contributed by atoms with E-state index in [0.29, 0.717) is 17.1 Å². The van der Waals surface area contributed by atoms with Gasteiger partial charge in [0.25, 0.3) is 0 Å². The van der Waals surface area contributed by atoms with Crippen molar-refractivity contribution in [2.45, 2.75) is 24.9 Å². The monoisotopic (exact) mass is 262 g/mol. The Morgan fingerprint density at radius 2 is 2.17 bits per heavy atom. The molecule has 1 aromatic carbocycles. The first-order chi connectivity index (χ1) is 8.74. The Balaban J connectivity index is 1.91. The second-order valence-corrected chi connectivity index (χ2v) is 5.07. The molecular formula is C13H15ClN4. The number of halogens is 1. The molecular weight excluding hydrogens is 248 g/mol. The normalized spacial score (nSPS) is 22.6. The minimum absolute atomic E-state index is 0.329. The molecule has 3 rings (SSSR count). The molecule has 1 aliphatic rings. The van der Waals surface area contributed by atoms with Crippen LogP contribution in [0.1, 0.15) is 12.8 Å². The van der Waals surface area contributed by atoms with Crippen LogP contribution in [0.4, 0.5) is 5.69 Å². The Labute approximate surface area is 111 Å². The third-order valence-corrected chi connectivity index (χ3v) is 3.56. The summed E-state index contributed by atoms with van der Waals surface area (Å²) in [6.07, 6.45) is 5.64. The third kappa shape index (κ3) is 2.09. The van der Waals surface area contributed by atoms with E-state index in [0.717, 1.165) is 24.2 Å². The second kappa shape index (κ2) is 4.63. The zero-order chi connectivity index (χ0) is 12.5. The lowest BCUT2D eigenvalue weighted by atomic mass is 9.87. The van der Waals surface area contributed by atoms with Gasteiger partial charge in [0.2, 0.25) is 0 Å². The topological polar surface area (TPSA) is 55.9 Å². The molecule has 1 fully saturated rings. The van der Waals surface area contributed by atoms with Crippen molar-refractivity contribution in [3.05, 3.63) is 41.7 Å². The van der Waals surface area contributed by atoms with Crippen molar-refractivity contribution < 1.29 is 0 Å². The average Bonchev–Trinajstić information content (AvgIpc) is 2.80. The van der Waals surface area contributed by atoms with Gasteiger partial charge in [-0.2, -0.15) is 5.10 Å². The summed E-state index contributed by atoms with van der Waals surface area (Å²) >= 11 is 6.27. The smallest absolute Gasteiger partial charge is 0.106 e. The molecule has 0 bridgehead atoms. The molecule has 2 aromatic rings. The van der Waals surface area contributed by atoms with E-state index in [4.69, 9.17) is 17.3 Å². The van der Waals surface area contributed by atoms with Crippen LogP contribution in [-0.2, 0) is 0 Å². The van der Waals surface area contributed by atoms with Crippen LogP contribution in [0.2, 0.25) is 5.02 Å². The molecule has 3 N–H and O–H groups in total. The van der Waals surface area contributed by atoms with Gasteiger partial charge in [-0.15, -0.1) is 0 Å². The summed E-state index contributed by atoms with van der Waals surface area (Å²) in [6.45, 7) is 0. The van der Waals surface area contributed by atoms with Gasteiger partial charge in [0, 0.05) is 24.5 Å². The van der Waals surface area contributed by atoms with E-state index < -0.39 is 0 Å². The van der Waals surface area contributed by atoms with E-state index in [1.165, 1.54) is 0 Å². The van der Waals surface area contributed by atoms with Gasteiger partial charge in [0.15, 0.2) is 0 Å². The van der Waals surface area contributed by atoms with Gasteiger partial charge >= 0.3 is 0 Å². The van der Waals surface area contributed by atoms with Crippen LogP contribution < -0.4 is 11.1 Å². The maximum Gasteiger partial charge on any atom is 0.106 e. The highest BCUT2D eigenvalue weighted by molar-refractivity contribution is 6.33. The highest BCUT2D eigenvalue weighted by Gasteiger charge is 2.26. The summed E-state index contributed by atoms with van der Waals surface area (Å²) in [5, 5.41) is 8.41. The predicted octanol–water partition coefficient (Wildman–Crippen LogP) is 2.43. The van der Waals surface area contributed by atoms with Crippen LogP contribution in [0.5, 0.6) is 0 Å². The first-order valence-corrected chi connectivity index (χ1v) is 6.42. The number of hydrogen-bond donors (Lipinski definition) is 2.